The van der Waals surface area contributed by atoms with Crippen LogP contribution in [0.1, 0.15) is 22.3 Å². The highest BCUT2D eigenvalue weighted by Gasteiger charge is 2.17. The molecule has 0 saturated heterocycles. The van der Waals surface area contributed by atoms with E-state index >= 15 is 0 Å². The number of carbonyl (C=O) groups excluding carboxylic acids is 1. The summed E-state index contributed by atoms with van der Waals surface area (Å²) in [5, 5.41) is 5.90. The molecule has 2 aromatic heterocycles. The van der Waals surface area contributed by atoms with Gasteiger partial charge in [-0.2, -0.15) is 0 Å². The average molecular weight is 358 g/mol. The van der Waals surface area contributed by atoms with Gasteiger partial charge in [-0.3, -0.25) is 4.79 Å². The first-order valence-electron chi connectivity index (χ1n) is 7.72. The molecule has 3 aromatic rings. The van der Waals surface area contributed by atoms with Gasteiger partial charge in [0.2, 0.25) is 0 Å². The molecule has 0 saturated carbocycles. The van der Waals surface area contributed by atoms with Crippen molar-refractivity contribution in [3.05, 3.63) is 52.3 Å². The largest absolute Gasteiger partial charge is 0.375 e. The standard InChI is InChI=1S/C18H19N3OS2/c1-4-21(3)14-8-5-7-13(11-14)20-17(22)16-12(2)19-18(24-16)15-9-6-10-23-15/h5-11H,4H2,1-3H3,(H,20,22). The molecule has 0 radical (unpaired) electrons. The Balaban J connectivity index is 1.81. The summed E-state index contributed by atoms with van der Waals surface area (Å²) in [7, 11) is 2.03. The van der Waals surface area contributed by atoms with Crippen LogP contribution in [0, 0.1) is 6.92 Å². The Morgan fingerprint density at radius 1 is 1.29 bits per heavy atom. The van der Waals surface area contributed by atoms with Crippen LogP contribution >= 0.6 is 22.7 Å². The van der Waals surface area contributed by atoms with Gasteiger partial charge < -0.3 is 10.2 Å². The first kappa shape index (κ1) is 16.7. The van der Waals surface area contributed by atoms with Gasteiger partial charge in [-0.15, -0.1) is 22.7 Å². The SMILES string of the molecule is CCN(C)c1cccc(NC(=O)c2sc(-c3cccs3)nc2C)c1. The minimum Gasteiger partial charge on any atom is -0.375 e. The second kappa shape index (κ2) is 7.15. The van der Waals surface area contributed by atoms with Crippen molar-refractivity contribution in [2.45, 2.75) is 13.8 Å². The van der Waals surface area contributed by atoms with Gasteiger partial charge in [-0.25, -0.2) is 4.98 Å². The summed E-state index contributed by atoms with van der Waals surface area (Å²) in [5.41, 5.74) is 2.64. The summed E-state index contributed by atoms with van der Waals surface area (Å²) in [4.78, 5) is 21.0. The molecule has 4 nitrogen and oxygen atoms in total. The lowest BCUT2D eigenvalue weighted by Gasteiger charge is -2.17. The number of aryl methyl sites for hydroxylation is 1. The number of nitrogens with zero attached hydrogens (tertiary/aromatic N) is 2. The van der Waals surface area contributed by atoms with Gasteiger partial charge >= 0.3 is 0 Å². The Morgan fingerprint density at radius 3 is 2.83 bits per heavy atom. The number of thiophene rings is 1. The number of thiazole rings is 1. The third kappa shape index (κ3) is 3.49. The van der Waals surface area contributed by atoms with Crippen molar-refractivity contribution in [1.82, 2.24) is 4.98 Å². The maximum absolute atomic E-state index is 12.6. The predicted octanol–water partition coefficient (Wildman–Crippen LogP) is 4.89. The van der Waals surface area contributed by atoms with E-state index in [1.54, 1.807) is 11.3 Å². The number of hydrogen-bond donors (Lipinski definition) is 1. The van der Waals surface area contributed by atoms with Crippen LogP contribution in [0.15, 0.2) is 41.8 Å². The van der Waals surface area contributed by atoms with E-state index < -0.39 is 0 Å². The molecular formula is C18H19N3OS2. The van der Waals surface area contributed by atoms with Crippen LogP contribution in [0.4, 0.5) is 11.4 Å². The molecule has 1 aromatic carbocycles. The fourth-order valence-corrected chi connectivity index (χ4v) is 4.06. The van der Waals surface area contributed by atoms with Crippen molar-refractivity contribution >= 4 is 40.0 Å². The summed E-state index contributed by atoms with van der Waals surface area (Å²) in [6.07, 6.45) is 0. The number of rotatable bonds is 5. The number of carbonyl (C=O) groups is 1. The molecule has 0 atom stereocenters. The molecule has 0 spiro atoms. The highest BCUT2D eigenvalue weighted by atomic mass is 32.1. The molecular weight excluding hydrogens is 338 g/mol. The number of amides is 1. The lowest BCUT2D eigenvalue weighted by Crippen LogP contribution is -2.16. The minimum atomic E-state index is -0.107. The summed E-state index contributed by atoms with van der Waals surface area (Å²) in [6, 6.07) is 11.9. The zero-order valence-corrected chi connectivity index (χ0v) is 15.5. The second-order valence-electron chi connectivity index (χ2n) is 5.43. The Hall–Kier alpha value is -2.18. The van der Waals surface area contributed by atoms with E-state index in [2.05, 4.69) is 22.1 Å². The zero-order chi connectivity index (χ0) is 17.1. The van der Waals surface area contributed by atoms with Crippen LogP contribution in [0.2, 0.25) is 0 Å². The van der Waals surface area contributed by atoms with Crippen molar-refractivity contribution in [2.24, 2.45) is 0 Å². The molecule has 0 aliphatic heterocycles. The Bertz CT molecular complexity index is 840. The average Bonchev–Trinajstić information content (AvgIpc) is 3.23. The summed E-state index contributed by atoms with van der Waals surface area (Å²) >= 11 is 3.07. The first-order chi connectivity index (χ1) is 11.6. The van der Waals surface area contributed by atoms with Gasteiger partial charge in [-0.1, -0.05) is 12.1 Å². The molecule has 1 amide bonds. The number of aromatic nitrogens is 1. The van der Waals surface area contributed by atoms with Crippen molar-refractivity contribution < 1.29 is 4.79 Å². The van der Waals surface area contributed by atoms with Crippen molar-refractivity contribution in [1.29, 1.82) is 0 Å². The first-order valence-corrected chi connectivity index (χ1v) is 9.42. The van der Waals surface area contributed by atoms with E-state index in [1.807, 2.05) is 55.7 Å². The molecule has 124 valence electrons. The van der Waals surface area contributed by atoms with E-state index in [0.717, 1.165) is 33.5 Å². The zero-order valence-electron chi connectivity index (χ0n) is 13.9. The quantitative estimate of drug-likeness (QED) is 0.707. The lowest BCUT2D eigenvalue weighted by atomic mass is 10.2. The molecule has 0 unspecified atom stereocenters. The summed E-state index contributed by atoms with van der Waals surface area (Å²) < 4.78 is 0. The molecule has 0 bridgehead atoms. The highest BCUT2D eigenvalue weighted by molar-refractivity contribution is 7.22. The number of benzene rings is 1. The summed E-state index contributed by atoms with van der Waals surface area (Å²) in [5.74, 6) is -0.107. The molecule has 3 rings (SSSR count). The third-order valence-corrected chi connectivity index (χ3v) is 5.95. The number of hydrogen-bond acceptors (Lipinski definition) is 5. The van der Waals surface area contributed by atoms with Crippen LogP contribution in [0.25, 0.3) is 9.88 Å². The molecule has 24 heavy (non-hydrogen) atoms. The van der Waals surface area contributed by atoms with Crippen LogP contribution < -0.4 is 10.2 Å². The van der Waals surface area contributed by atoms with Crippen LogP contribution in [-0.4, -0.2) is 24.5 Å². The highest BCUT2D eigenvalue weighted by Crippen LogP contribution is 2.31. The van der Waals surface area contributed by atoms with Crippen molar-refractivity contribution in [2.75, 3.05) is 23.8 Å². The predicted molar refractivity (Wildman–Crippen MR) is 104 cm³/mol. The van der Waals surface area contributed by atoms with E-state index in [1.165, 1.54) is 11.3 Å². The fourth-order valence-electron chi connectivity index (χ4n) is 2.30. The maximum atomic E-state index is 12.6. The number of nitrogens with one attached hydrogen (secondary N) is 1. The molecule has 0 fully saturated rings. The molecule has 0 aliphatic carbocycles. The number of anilines is 2. The lowest BCUT2D eigenvalue weighted by molar-refractivity contribution is 0.103. The van der Waals surface area contributed by atoms with Gasteiger partial charge in [-0.05, 0) is 43.5 Å². The topological polar surface area (TPSA) is 45.2 Å². The normalized spacial score (nSPS) is 10.6. The smallest absolute Gasteiger partial charge is 0.267 e. The van der Waals surface area contributed by atoms with Crippen molar-refractivity contribution in [3.63, 3.8) is 0 Å². The Labute approximate surface area is 149 Å². The van der Waals surface area contributed by atoms with Gasteiger partial charge in [0.25, 0.3) is 5.91 Å². The van der Waals surface area contributed by atoms with Gasteiger partial charge in [0.05, 0.1) is 10.6 Å². The summed E-state index contributed by atoms with van der Waals surface area (Å²) in [6.45, 7) is 4.89. The molecule has 1 N–H and O–H groups in total. The molecule has 6 heteroatoms. The monoisotopic (exact) mass is 357 g/mol. The van der Waals surface area contributed by atoms with Gasteiger partial charge in [0, 0.05) is 25.0 Å². The van der Waals surface area contributed by atoms with Crippen LogP contribution in [0.3, 0.4) is 0 Å². The van der Waals surface area contributed by atoms with Gasteiger partial charge in [0.1, 0.15) is 9.88 Å². The maximum Gasteiger partial charge on any atom is 0.267 e. The van der Waals surface area contributed by atoms with Gasteiger partial charge in [0.15, 0.2) is 0 Å². The van der Waals surface area contributed by atoms with Crippen LogP contribution in [-0.2, 0) is 0 Å². The second-order valence-corrected chi connectivity index (χ2v) is 7.38. The van der Waals surface area contributed by atoms with E-state index in [9.17, 15) is 4.79 Å². The molecule has 2 heterocycles. The Kier molecular flexibility index (Phi) is 4.97. The van der Waals surface area contributed by atoms with E-state index in [0.29, 0.717) is 4.88 Å². The fraction of sp³-hybridized carbons (Fsp3) is 0.222. The Morgan fingerprint density at radius 2 is 2.12 bits per heavy atom. The minimum absolute atomic E-state index is 0.107. The molecule has 0 aliphatic rings. The van der Waals surface area contributed by atoms with E-state index in [-0.39, 0.29) is 5.91 Å². The van der Waals surface area contributed by atoms with Crippen molar-refractivity contribution in [3.8, 4) is 9.88 Å². The third-order valence-electron chi connectivity index (χ3n) is 3.75. The van der Waals surface area contributed by atoms with E-state index in [4.69, 9.17) is 0 Å². The van der Waals surface area contributed by atoms with Crippen LogP contribution in [0.5, 0.6) is 0 Å².